The zero-order valence-electron chi connectivity index (χ0n) is 39.1. The Kier molecular flexibility index (Phi) is 38.0. The maximum atomic E-state index is 13.1. The molecule has 0 radical (unpaired) electrons. The van der Waals surface area contributed by atoms with Crippen LogP contribution in [0.3, 0.4) is 0 Å². The van der Waals surface area contributed by atoms with Crippen LogP contribution in [-0.4, -0.2) is 110 Å². The number of allylic oxidation sites excluding steroid dienone is 8. The number of unbranched alkanes of at least 4 members (excludes halogenated alkanes) is 21. The number of aliphatic hydroxyl groups is 7. The monoisotopic (exact) mass is 880 g/mol. The largest absolute Gasteiger partial charge is 0.394 e. The van der Waals surface area contributed by atoms with Gasteiger partial charge in [0.25, 0.3) is 0 Å². The van der Waals surface area contributed by atoms with Gasteiger partial charge < -0.3 is 50.5 Å². The molecule has 0 aromatic rings. The van der Waals surface area contributed by atoms with Crippen molar-refractivity contribution in [1.82, 2.24) is 5.32 Å². The molecule has 1 aliphatic heterocycles. The van der Waals surface area contributed by atoms with E-state index < -0.39 is 74.2 Å². The van der Waals surface area contributed by atoms with Gasteiger partial charge in [0.1, 0.15) is 36.6 Å². The minimum atomic E-state index is -1.67. The number of hydrogen-bond acceptors (Lipinski definition) is 10. The molecule has 0 bridgehead atoms. The molecule has 1 amide bonds. The molecule has 8 N–H and O–H groups in total. The fraction of sp³-hybridized carbons (Fsp3) is 0.824. The minimum Gasteiger partial charge on any atom is -0.394 e. The van der Waals surface area contributed by atoms with Crippen molar-refractivity contribution < 1.29 is 50.0 Å². The Morgan fingerprint density at radius 1 is 0.565 bits per heavy atom. The van der Waals surface area contributed by atoms with Gasteiger partial charge in [-0.2, -0.15) is 0 Å². The Morgan fingerprint density at radius 2 is 1.02 bits per heavy atom. The third kappa shape index (κ3) is 29.5. The molecule has 362 valence electrons. The summed E-state index contributed by atoms with van der Waals surface area (Å²) in [4.78, 5) is 13.1. The van der Waals surface area contributed by atoms with Crippen LogP contribution >= 0.6 is 0 Å². The van der Waals surface area contributed by atoms with Crippen molar-refractivity contribution in [3.05, 3.63) is 48.6 Å². The first-order valence-electron chi connectivity index (χ1n) is 25.0. The molecule has 1 heterocycles. The van der Waals surface area contributed by atoms with E-state index in [-0.39, 0.29) is 12.8 Å². The molecule has 0 aromatic carbocycles. The van der Waals surface area contributed by atoms with E-state index in [0.717, 1.165) is 70.6 Å². The van der Waals surface area contributed by atoms with E-state index in [1.54, 1.807) is 0 Å². The first-order valence-corrected chi connectivity index (χ1v) is 25.0. The number of carbonyl (C=O) groups is 1. The summed E-state index contributed by atoms with van der Waals surface area (Å²) in [5.74, 6) is -0.719. The first-order chi connectivity index (χ1) is 30.2. The molecule has 1 saturated heterocycles. The van der Waals surface area contributed by atoms with E-state index in [1.165, 1.54) is 83.5 Å². The Morgan fingerprint density at radius 3 is 1.52 bits per heavy atom. The van der Waals surface area contributed by atoms with Crippen LogP contribution in [0.1, 0.15) is 200 Å². The number of carbonyl (C=O) groups excluding carboxylic acids is 1. The molecule has 0 aromatic heterocycles. The zero-order chi connectivity index (χ0) is 45.5. The number of aliphatic hydroxyl groups excluding tert-OH is 7. The number of rotatable bonds is 41. The number of amides is 1. The Labute approximate surface area is 377 Å². The van der Waals surface area contributed by atoms with Crippen LogP contribution in [0.15, 0.2) is 48.6 Å². The van der Waals surface area contributed by atoms with Crippen LogP contribution in [0.4, 0.5) is 0 Å². The van der Waals surface area contributed by atoms with Crippen molar-refractivity contribution in [2.24, 2.45) is 0 Å². The highest BCUT2D eigenvalue weighted by Gasteiger charge is 2.44. The predicted octanol–water partition coefficient (Wildman–Crippen LogP) is 8.95. The van der Waals surface area contributed by atoms with Crippen molar-refractivity contribution in [2.45, 2.75) is 255 Å². The highest BCUT2D eigenvalue weighted by atomic mass is 16.7. The normalized spacial score (nSPS) is 21.7. The van der Waals surface area contributed by atoms with Crippen LogP contribution < -0.4 is 5.32 Å². The summed E-state index contributed by atoms with van der Waals surface area (Å²) < 4.78 is 11.1. The molecular formula is C51H93NO10. The van der Waals surface area contributed by atoms with Crippen molar-refractivity contribution in [3.8, 4) is 0 Å². The van der Waals surface area contributed by atoms with Crippen LogP contribution in [0.5, 0.6) is 0 Å². The number of hydrogen-bond donors (Lipinski definition) is 8. The molecular weight excluding hydrogens is 787 g/mol. The SMILES string of the molecule is CC/C=C/CC/C=C/CC/C=C/CCCC(O)C(O)C(COC1OC(CO)C(O)C(O)C1O)NC(=O)C(O)CCCCCCCC/C=C\CCCCCCCCCCCCCC. The zero-order valence-corrected chi connectivity index (χ0v) is 39.1. The van der Waals surface area contributed by atoms with Gasteiger partial charge in [-0.25, -0.2) is 0 Å². The van der Waals surface area contributed by atoms with E-state index in [2.05, 4.69) is 61.7 Å². The van der Waals surface area contributed by atoms with Crippen LogP contribution in [-0.2, 0) is 14.3 Å². The minimum absolute atomic E-state index is 0.238. The Hall–Kier alpha value is -1.93. The maximum absolute atomic E-state index is 13.1. The highest BCUT2D eigenvalue weighted by molar-refractivity contribution is 5.80. The van der Waals surface area contributed by atoms with Gasteiger partial charge in [0.15, 0.2) is 6.29 Å². The van der Waals surface area contributed by atoms with E-state index >= 15 is 0 Å². The topological polar surface area (TPSA) is 189 Å². The van der Waals surface area contributed by atoms with Crippen molar-refractivity contribution in [2.75, 3.05) is 13.2 Å². The summed E-state index contributed by atoms with van der Waals surface area (Å²) in [6, 6.07) is -1.20. The lowest BCUT2D eigenvalue weighted by molar-refractivity contribution is -0.303. The summed E-state index contributed by atoms with van der Waals surface area (Å²) in [6.45, 7) is 3.31. The summed E-state index contributed by atoms with van der Waals surface area (Å²) in [7, 11) is 0. The third-order valence-corrected chi connectivity index (χ3v) is 11.8. The maximum Gasteiger partial charge on any atom is 0.249 e. The number of ether oxygens (including phenoxy) is 2. The molecule has 62 heavy (non-hydrogen) atoms. The van der Waals surface area contributed by atoms with Crippen molar-refractivity contribution in [1.29, 1.82) is 0 Å². The summed E-state index contributed by atoms with van der Waals surface area (Å²) in [5.41, 5.74) is 0. The lowest BCUT2D eigenvalue weighted by Gasteiger charge is -2.40. The average molecular weight is 880 g/mol. The first kappa shape index (κ1) is 58.1. The fourth-order valence-corrected chi connectivity index (χ4v) is 7.71. The fourth-order valence-electron chi connectivity index (χ4n) is 7.71. The molecule has 9 atom stereocenters. The second-order valence-corrected chi connectivity index (χ2v) is 17.5. The van der Waals surface area contributed by atoms with Gasteiger partial charge in [0.2, 0.25) is 5.91 Å². The molecule has 9 unspecified atom stereocenters. The molecule has 1 fully saturated rings. The highest BCUT2D eigenvalue weighted by Crippen LogP contribution is 2.23. The predicted molar refractivity (Wildman–Crippen MR) is 251 cm³/mol. The summed E-state index contributed by atoms with van der Waals surface area (Å²) in [6.07, 6.45) is 37.4. The smallest absolute Gasteiger partial charge is 0.249 e. The van der Waals surface area contributed by atoms with E-state index in [1.807, 2.05) is 6.08 Å². The van der Waals surface area contributed by atoms with Crippen molar-refractivity contribution in [3.63, 3.8) is 0 Å². The van der Waals surface area contributed by atoms with Crippen LogP contribution in [0.25, 0.3) is 0 Å². The van der Waals surface area contributed by atoms with Gasteiger partial charge in [-0.05, 0) is 83.5 Å². The Balaban J connectivity index is 2.40. The molecule has 11 heteroatoms. The number of nitrogens with one attached hydrogen (secondary N) is 1. The standard InChI is InChI=1S/C51H93NO10/c1-3-5-7-9-11-13-15-17-18-19-20-21-22-23-24-25-27-29-31-33-35-37-39-44(55)50(60)52-42(41-61-51-49(59)48(58)47(57)45(40-53)62-51)46(56)43(54)38-36-34-32-30-28-26-16-14-12-10-8-6-4-2/h6,8,14,16,23-24,30,32,42-49,51,53-59H,3-5,7,9-13,15,17-22,25-29,31,33-41H2,1-2H3,(H,52,60)/b8-6+,16-14+,24-23-,32-30+. The van der Waals surface area contributed by atoms with Gasteiger partial charge in [0, 0.05) is 0 Å². The third-order valence-electron chi connectivity index (χ3n) is 11.8. The second kappa shape index (κ2) is 40.6. The molecule has 11 nitrogen and oxygen atoms in total. The second-order valence-electron chi connectivity index (χ2n) is 17.5. The quantitative estimate of drug-likeness (QED) is 0.0218. The average Bonchev–Trinajstić information content (AvgIpc) is 3.27. The van der Waals surface area contributed by atoms with E-state index in [0.29, 0.717) is 19.3 Å². The molecule has 0 aliphatic carbocycles. The molecule has 0 saturated carbocycles. The molecule has 1 rings (SSSR count). The van der Waals surface area contributed by atoms with Gasteiger partial charge in [0.05, 0.1) is 25.4 Å². The van der Waals surface area contributed by atoms with Gasteiger partial charge in [-0.15, -0.1) is 0 Å². The summed E-state index contributed by atoms with van der Waals surface area (Å²) in [5, 5.41) is 75.7. The van der Waals surface area contributed by atoms with Crippen molar-refractivity contribution >= 4 is 5.91 Å². The van der Waals surface area contributed by atoms with Gasteiger partial charge in [-0.3, -0.25) is 4.79 Å². The van der Waals surface area contributed by atoms with E-state index in [4.69, 9.17) is 9.47 Å². The lowest BCUT2D eigenvalue weighted by Crippen LogP contribution is -2.60. The summed E-state index contributed by atoms with van der Waals surface area (Å²) >= 11 is 0. The van der Waals surface area contributed by atoms with E-state index in [9.17, 15) is 40.5 Å². The Bertz CT molecular complexity index is 1150. The van der Waals surface area contributed by atoms with Crippen LogP contribution in [0.2, 0.25) is 0 Å². The lowest BCUT2D eigenvalue weighted by atomic mass is 9.98. The van der Waals surface area contributed by atoms with Crippen LogP contribution in [0, 0.1) is 0 Å². The van der Waals surface area contributed by atoms with Gasteiger partial charge >= 0.3 is 0 Å². The molecule has 1 aliphatic rings. The van der Waals surface area contributed by atoms with Gasteiger partial charge in [-0.1, -0.05) is 165 Å². The molecule has 0 spiro atoms.